The first-order valence-corrected chi connectivity index (χ1v) is 6.10. The molecule has 0 radical (unpaired) electrons. The molecule has 0 saturated carbocycles. The minimum atomic E-state index is -0.818. The largest absolute Gasteiger partial charge is 0.481 e. The molecule has 1 atom stereocenters. The van der Waals surface area contributed by atoms with Crippen LogP contribution in [0, 0.1) is 6.92 Å². The minimum absolute atomic E-state index is 0.494. The number of hydrogen-bond acceptors (Lipinski definition) is 3. The molecule has 0 aliphatic carbocycles. The number of aryl methyl sites for hydroxylation is 1. The molecule has 0 amide bonds. The highest BCUT2D eigenvalue weighted by atomic mass is 16.4. The molecule has 1 aromatic carbocycles. The molecule has 2 rings (SSSR count). The van der Waals surface area contributed by atoms with Crippen molar-refractivity contribution in [3.8, 4) is 0 Å². The Morgan fingerprint density at radius 1 is 1.21 bits per heavy atom. The zero-order chi connectivity index (χ0) is 13.8. The Labute approximate surface area is 112 Å². The van der Waals surface area contributed by atoms with Gasteiger partial charge in [-0.1, -0.05) is 18.2 Å². The normalized spacial score (nSPS) is 11.9. The summed E-state index contributed by atoms with van der Waals surface area (Å²) in [6.45, 7) is 3.61. The average Bonchev–Trinajstić information content (AvgIpc) is 2.39. The number of carboxylic acids is 1. The van der Waals surface area contributed by atoms with Gasteiger partial charge in [-0.2, -0.15) is 0 Å². The molecule has 1 aromatic heterocycles. The van der Waals surface area contributed by atoms with E-state index in [1.165, 1.54) is 0 Å². The van der Waals surface area contributed by atoms with E-state index in [-0.39, 0.29) is 0 Å². The van der Waals surface area contributed by atoms with Gasteiger partial charge in [0.05, 0.1) is 5.92 Å². The van der Waals surface area contributed by atoms with Gasteiger partial charge in [0, 0.05) is 11.4 Å². The molecule has 19 heavy (non-hydrogen) atoms. The monoisotopic (exact) mass is 256 g/mol. The molecule has 4 heteroatoms. The van der Waals surface area contributed by atoms with Gasteiger partial charge in [0.25, 0.3) is 0 Å². The molecule has 1 heterocycles. The molecule has 2 aromatic rings. The van der Waals surface area contributed by atoms with Crippen LogP contribution < -0.4 is 5.32 Å². The molecule has 0 bridgehead atoms. The number of pyridine rings is 1. The summed E-state index contributed by atoms with van der Waals surface area (Å²) in [6.07, 6.45) is 0. The van der Waals surface area contributed by atoms with Gasteiger partial charge < -0.3 is 10.4 Å². The highest BCUT2D eigenvalue weighted by Crippen LogP contribution is 2.20. The molecule has 0 fully saturated rings. The summed E-state index contributed by atoms with van der Waals surface area (Å²) in [7, 11) is 0. The quantitative estimate of drug-likeness (QED) is 0.880. The third kappa shape index (κ3) is 3.31. The van der Waals surface area contributed by atoms with Crippen molar-refractivity contribution < 1.29 is 9.90 Å². The van der Waals surface area contributed by atoms with Gasteiger partial charge in [-0.05, 0) is 43.7 Å². The van der Waals surface area contributed by atoms with Crippen LogP contribution >= 0.6 is 0 Å². The summed E-state index contributed by atoms with van der Waals surface area (Å²) in [5, 5.41) is 12.1. The fourth-order valence-corrected chi connectivity index (χ4v) is 1.76. The zero-order valence-electron chi connectivity index (χ0n) is 10.9. The summed E-state index contributed by atoms with van der Waals surface area (Å²) in [5.41, 5.74) is 2.62. The Hall–Kier alpha value is -2.36. The topological polar surface area (TPSA) is 62.2 Å². The second-order valence-corrected chi connectivity index (χ2v) is 4.47. The van der Waals surface area contributed by atoms with E-state index in [1.807, 2.05) is 49.4 Å². The van der Waals surface area contributed by atoms with Gasteiger partial charge in [0.1, 0.15) is 5.82 Å². The van der Waals surface area contributed by atoms with Gasteiger partial charge >= 0.3 is 5.97 Å². The van der Waals surface area contributed by atoms with Crippen molar-refractivity contribution in [1.82, 2.24) is 4.98 Å². The number of nitrogens with zero attached hydrogens (tertiary/aromatic N) is 1. The molecule has 0 aliphatic rings. The van der Waals surface area contributed by atoms with E-state index in [0.717, 1.165) is 22.8 Å². The van der Waals surface area contributed by atoms with Crippen molar-refractivity contribution in [2.45, 2.75) is 19.8 Å². The van der Waals surface area contributed by atoms with Crippen molar-refractivity contribution in [3.63, 3.8) is 0 Å². The number of aromatic nitrogens is 1. The molecule has 0 spiro atoms. The average molecular weight is 256 g/mol. The molecule has 98 valence electrons. The highest BCUT2D eigenvalue weighted by Gasteiger charge is 2.12. The predicted octanol–water partition coefficient (Wildman–Crippen LogP) is 3.32. The van der Waals surface area contributed by atoms with Gasteiger partial charge in [-0.15, -0.1) is 0 Å². The number of rotatable bonds is 4. The maximum atomic E-state index is 10.9. The van der Waals surface area contributed by atoms with Gasteiger partial charge in [-0.3, -0.25) is 4.79 Å². The maximum Gasteiger partial charge on any atom is 0.310 e. The summed E-state index contributed by atoms with van der Waals surface area (Å²) < 4.78 is 0. The van der Waals surface area contributed by atoms with Crippen LogP contribution in [0.25, 0.3) is 0 Å². The Balaban J connectivity index is 2.13. The number of carboxylic acid groups (broad SMARTS) is 1. The lowest BCUT2D eigenvalue weighted by Gasteiger charge is -2.09. The number of nitrogens with one attached hydrogen (secondary N) is 1. The van der Waals surface area contributed by atoms with Crippen LogP contribution in [0.4, 0.5) is 11.5 Å². The highest BCUT2D eigenvalue weighted by molar-refractivity contribution is 5.75. The van der Waals surface area contributed by atoms with E-state index in [0.29, 0.717) is 0 Å². The number of aliphatic carboxylic acids is 1. The van der Waals surface area contributed by atoms with Crippen molar-refractivity contribution in [2.75, 3.05) is 5.32 Å². The van der Waals surface area contributed by atoms with Gasteiger partial charge in [0.15, 0.2) is 0 Å². The van der Waals surface area contributed by atoms with Gasteiger partial charge in [0.2, 0.25) is 0 Å². The van der Waals surface area contributed by atoms with Crippen LogP contribution in [0.5, 0.6) is 0 Å². The van der Waals surface area contributed by atoms with E-state index < -0.39 is 11.9 Å². The first-order chi connectivity index (χ1) is 9.06. The Bertz CT molecular complexity index is 579. The number of hydrogen-bond donors (Lipinski definition) is 2. The van der Waals surface area contributed by atoms with Crippen molar-refractivity contribution in [1.29, 1.82) is 0 Å². The van der Waals surface area contributed by atoms with E-state index in [4.69, 9.17) is 5.11 Å². The van der Waals surface area contributed by atoms with Crippen LogP contribution in [-0.4, -0.2) is 16.1 Å². The van der Waals surface area contributed by atoms with Crippen LogP contribution in [0.2, 0.25) is 0 Å². The predicted molar refractivity (Wildman–Crippen MR) is 74.7 cm³/mol. The lowest BCUT2D eigenvalue weighted by atomic mass is 10.0. The molecule has 0 aliphatic heterocycles. The standard InChI is InChI=1S/C15H16N2O2/c1-10-4-3-5-14(16-10)17-13-8-6-12(7-9-13)11(2)15(18)19/h3-9,11H,1-2H3,(H,16,17)(H,18,19)/t11-/m0/s1. The second-order valence-electron chi connectivity index (χ2n) is 4.47. The van der Waals surface area contributed by atoms with Crippen LogP contribution in [0.1, 0.15) is 24.1 Å². The molecule has 0 unspecified atom stereocenters. The summed E-state index contributed by atoms with van der Waals surface area (Å²) >= 11 is 0. The minimum Gasteiger partial charge on any atom is -0.481 e. The first-order valence-electron chi connectivity index (χ1n) is 6.10. The van der Waals surface area contributed by atoms with Crippen molar-refractivity contribution >= 4 is 17.5 Å². The Morgan fingerprint density at radius 3 is 2.47 bits per heavy atom. The number of carbonyl (C=O) groups is 1. The Kier molecular flexibility index (Phi) is 3.80. The van der Waals surface area contributed by atoms with Crippen molar-refractivity contribution in [3.05, 3.63) is 53.7 Å². The molecular weight excluding hydrogens is 240 g/mol. The molecular formula is C15H16N2O2. The SMILES string of the molecule is Cc1cccc(Nc2ccc([C@H](C)C(=O)O)cc2)n1. The summed E-state index contributed by atoms with van der Waals surface area (Å²) in [6, 6.07) is 13.1. The van der Waals surface area contributed by atoms with E-state index in [9.17, 15) is 4.79 Å². The zero-order valence-corrected chi connectivity index (χ0v) is 10.9. The Morgan fingerprint density at radius 2 is 1.89 bits per heavy atom. The maximum absolute atomic E-state index is 10.9. The summed E-state index contributed by atoms with van der Waals surface area (Å²) in [5.74, 6) is -0.536. The fraction of sp³-hybridized carbons (Fsp3) is 0.200. The molecule has 2 N–H and O–H groups in total. The lowest BCUT2D eigenvalue weighted by Crippen LogP contribution is -2.07. The van der Waals surface area contributed by atoms with Crippen molar-refractivity contribution in [2.24, 2.45) is 0 Å². The van der Waals surface area contributed by atoms with Gasteiger partial charge in [-0.25, -0.2) is 4.98 Å². The van der Waals surface area contributed by atoms with E-state index in [1.54, 1.807) is 6.92 Å². The van der Waals surface area contributed by atoms with E-state index in [2.05, 4.69) is 10.3 Å². The van der Waals surface area contributed by atoms with E-state index >= 15 is 0 Å². The van der Waals surface area contributed by atoms with Crippen LogP contribution in [0.15, 0.2) is 42.5 Å². The second kappa shape index (κ2) is 5.52. The third-order valence-electron chi connectivity index (χ3n) is 2.94. The number of benzene rings is 1. The van der Waals surface area contributed by atoms with Crippen LogP contribution in [0.3, 0.4) is 0 Å². The smallest absolute Gasteiger partial charge is 0.310 e. The fourth-order valence-electron chi connectivity index (χ4n) is 1.76. The lowest BCUT2D eigenvalue weighted by molar-refractivity contribution is -0.138. The third-order valence-corrected chi connectivity index (χ3v) is 2.94. The number of anilines is 2. The molecule has 0 saturated heterocycles. The van der Waals surface area contributed by atoms with Crippen LogP contribution in [-0.2, 0) is 4.79 Å². The first kappa shape index (κ1) is 13.1. The summed E-state index contributed by atoms with van der Waals surface area (Å²) in [4.78, 5) is 15.2. The molecule has 4 nitrogen and oxygen atoms in total.